The number of benzene rings is 1. The van der Waals surface area contributed by atoms with Gasteiger partial charge in [0.15, 0.2) is 0 Å². The van der Waals surface area contributed by atoms with Crippen LogP contribution in [0.1, 0.15) is 31.2 Å². The summed E-state index contributed by atoms with van der Waals surface area (Å²) in [5, 5.41) is 5.32. The third-order valence-corrected chi connectivity index (χ3v) is 4.48. The van der Waals surface area contributed by atoms with Gasteiger partial charge in [0.1, 0.15) is 0 Å². The van der Waals surface area contributed by atoms with Gasteiger partial charge in [-0.1, -0.05) is 18.6 Å². The molecule has 0 radical (unpaired) electrons. The van der Waals surface area contributed by atoms with Crippen molar-refractivity contribution < 1.29 is 13.6 Å². The molecule has 2 aliphatic heterocycles. The second kappa shape index (κ2) is 9.67. The van der Waals surface area contributed by atoms with E-state index in [-0.39, 0.29) is 24.8 Å². The summed E-state index contributed by atoms with van der Waals surface area (Å²) in [5.74, 6) is -3.18. The number of nitrogens with one attached hydrogen (secondary N) is 2. The molecule has 142 valence electrons. The molecule has 8 heteroatoms. The number of likely N-dealkylation sites (tertiary alicyclic amines) is 1. The van der Waals surface area contributed by atoms with Gasteiger partial charge in [0.2, 0.25) is 5.91 Å². The molecule has 2 aliphatic rings. The zero-order valence-electron chi connectivity index (χ0n) is 14.0. The van der Waals surface area contributed by atoms with Gasteiger partial charge in [0.25, 0.3) is 5.92 Å². The van der Waals surface area contributed by atoms with Crippen LogP contribution in [0.15, 0.2) is 24.3 Å². The maximum absolute atomic E-state index is 13.2. The van der Waals surface area contributed by atoms with Crippen LogP contribution in [-0.2, 0) is 11.3 Å². The number of nitrogens with zero attached hydrogens (tertiary/aromatic N) is 1. The Morgan fingerprint density at radius 2 is 1.96 bits per heavy atom. The Morgan fingerprint density at radius 1 is 1.24 bits per heavy atom. The lowest BCUT2D eigenvalue weighted by Gasteiger charge is -2.26. The number of halogens is 4. The Morgan fingerprint density at radius 3 is 2.60 bits per heavy atom. The summed E-state index contributed by atoms with van der Waals surface area (Å²) in [4.78, 5) is 14.5. The van der Waals surface area contributed by atoms with E-state index in [0.29, 0.717) is 5.69 Å². The molecule has 3 rings (SSSR count). The van der Waals surface area contributed by atoms with E-state index in [9.17, 15) is 13.6 Å². The molecule has 2 N–H and O–H groups in total. The second-order valence-corrected chi connectivity index (χ2v) is 6.52. The van der Waals surface area contributed by atoms with Crippen molar-refractivity contribution in [2.24, 2.45) is 0 Å². The van der Waals surface area contributed by atoms with E-state index in [1.165, 1.54) is 19.3 Å². The van der Waals surface area contributed by atoms with Crippen molar-refractivity contribution in [2.75, 3.05) is 25.0 Å². The molecular weight excluding hydrogens is 371 g/mol. The average Bonchev–Trinajstić information content (AvgIpc) is 2.89. The molecule has 25 heavy (non-hydrogen) atoms. The van der Waals surface area contributed by atoms with Crippen molar-refractivity contribution in [3.8, 4) is 0 Å². The summed E-state index contributed by atoms with van der Waals surface area (Å²) in [5.41, 5.74) is 1.80. The normalized spacial score (nSPS) is 22.6. The molecule has 2 heterocycles. The number of carbonyl (C=O) groups is 1. The number of amides is 1. The topological polar surface area (TPSA) is 44.4 Å². The first kappa shape index (κ1) is 22.1. The van der Waals surface area contributed by atoms with Gasteiger partial charge in [-0.25, -0.2) is 8.78 Å². The Balaban J connectivity index is 0.00000156. The minimum Gasteiger partial charge on any atom is -0.325 e. The Labute approximate surface area is 159 Å². The molecule has 1 aromatic rings. The third-order valence-electron chi connectivity index (χ3n) is 4.48. The highest BCUT2D eigenvalue weighted by Crippen LogP contribution is 2.26. The van der Waals surface area contributed by atoms with E-state index in [2.05, 4.69) is 15.5 Å². The van der Waals surface area contributed by atoms with Crippen molar-refractivity contribution in [2.45, 2.75) is 44.2 Å². The molecule has 0 aromatic heterocycles. The van der Waals surface area contributed by atoms with E-state index < -0.39 is 30.8 Å². The predicted octanol–water partition coefficient (Wildman–Crippen LogP) is 3.45. The van der Waals surface area contributed by atoms with Gasteiger partial charge in [-0.15, -0.1) is 24.8 Å². The van der Waals surface area contributed by atoms with Crippen molar-refractivity contribution in [1.82, 2.24) is 10.2 Å². The number of hydrogen-bond acceptors (Lipinski definition) is 3. The lowest BCUT2D eigenvalue weighted by atomic mass is 10.1. The third kappa shape index (κ3) is 6.37. The maximum atomic E-state index is 13.2. The minimum atomic E-state index is -2.79. The quantitative estimate of drug-likeness (QED) is 0.820. The zero-order valence-corrected chi connectivity index (χ0v) is 15.6. The molecule has 2 fully saturated rings. The average molecular weight is 396 g/mol. The first-order valence-corrected chi connectivity index (χ1v) is 8.25. The maximum Gasteiger partial charge on any atom is 0.262 e. The Kier molecular flexibility index (Phi) is 8.54. The summed E-state index contributed by atoms with van der Waals surface area (Å²) in [6.07, 6.45) is 3.33. The van der Waals surface area contributed by atoms with Gasteiger partial charge < -0.3 is 5.32 Å². The van der Waals surface area contributed by atoms with Crippen LogP contribution >= 0.6 is 24.8 Å². The van der Waals surface area contributed by atoms with Crippen molar-refractivity contribution in [3.05, 3.63) is 29.8 Å². The van der Waals surface area contributed by atoms with Crippen molar-refractivity contribution >= 4 is 36.4 Å². The molecule has 1 amide bonds. The van der Waals surface area contributed by atoms with Gasteiger partial charge in [0.05, 0.1) is 12.6 Å². The van der Waals surface area contributed by atoms with Crippen LogP contribution < -0.4 is 10.6 Å². The number of alkyl halides is 2. The molecule has 0 saturated carbocycles. The first-order chi connectivity index (χ1) is 11.0. The van der Waals surface area contributed by atoms with Gasteiger partial charge >= 0.3 is 0 Å². The standard InChI is InChI=1S/C17H23F2N3O.2ClH/c18-17(19)10-15(20-12-17)16(23)21-14-6-4-5-13(9-14)11-22-7-2-1-3-8-22;;/h4-6,9,15,20H,1-3,7-8,10-12H2,(H,21,23);2*1H. The summed E-state index contributed by atoms with van der Waals surface area (Å²) in [6, 6.07) is 6.83. The van der Waals surface area contributed by atoms with Crippen LogP contribution in [0, 0.1) is 0 Å². The van der Waals surface area contributed by atoms with Gasteiger partial charge in [-0.3, -0.25) is 15.0 Å². The van der Waals surface area contributed by atoms with Crippen LogP contribution in [0.4, 0.5) is 14.5 Å². The zero-order chi connectivity index (χ0) is 16.3. The SMILES string of the molecule is Cl.Cl.O=C(Nc1cccc(CN2CCCCC2)c1)C1CC(F)(F)CN1. The number of piperidine rings is 1. The summed E-state index contributed by atoms with van der Waals surface area (Å²) in [7, 11) is 0. The van der Waals surface area contributed by atoms with E-state index >= 15 is 0 Å². The number of rotatable bonds is 4. The van der Waals surface area contributed by atoms with Gasteiger partial charge in [-0.05, 0) is 43.6 Å². The van der Waals surface area contributed by atoms with E-state index in [1.54, 1.807) is 6.07 Å². The summed E-state index contributed by atoms with van der Waals surface area (Å²) >= 11 is 0. The van der Waals surface area contributed by atoms with Crippen molar-refractivity contribution in [1.29, 1.82) is 0 Å². The minimum absolute atomic E-state index is 0. The highest BCUT2D eigenvalue weighted by molar-refractivity contribution is 5.95. The van der Waals surface area contributed by atoms with Gasteiger partial charge in [0, 0.05) is 18.7 Å². The van der Waals surface area contributed by atoms with Crippen LogP contribution in [0.3, 0.4) is 0 Å². The van der Waals surface area contributed by atoms with Gasteiger partial charge in [-0.2, -0.15) is 0 Å². The second-order valence-electron chi connectivity index (χ2n) is 6.52. The fourth-order valence-electron chi connectivity index (χ4n) is 3.25. The lowest BCUT2D eigenvalue weighted by molar-refractivity contribution is -0.118. The van der Waals surface area contributed by atoms with E-state index in [4.69, 9.17) is 0 Å². The molecular formula is C17H25Cl2F2N3O. The summed E-state index contributed by atoms with van der Waals surface area (Å²) < 4.78 is 26.3. The molecule has 4 nitrogen and oxygen atoms in total. The number of hydrogen-bond donors (Lipinski definition) is 2. The van der Waals surface area contributed by atoms with Crippen LogP contribution in [0.5, 0.6) is 0 Å². The number of anilines is 1. The highest BCUT2D eigenvalue weighted by atomic mass is 35.5. The Hall–Kier alpha value is -0.950. The van der Waals surface area contributed by atoms with Crippen LogP contribution in [-0.4, -0.2) is 42.4 Å². The number of carbonyl (C=O) groups excluding carboxylic acids is 1. The highest BCUT2D eigenvalue weighted by Gasteiger charge is 2.42. The van der Waals surface area contributed by atoms with E-state index in [0.717, 1.165) is 25.2 Å². The van der Waals surface area contributed by atoms with Crippen molar-refractivity contribution in [3.63, 3.8) is 0 Å². The molecule has 0 bridgehead atoms. The van der Waals surface area contributed by atoms with Crippen LogP contribution in [0.25, 0.3) is 0 Å². The van der Waals surface area contributed by atoms with E-state index in [1.807, 2.05) is 18.2 Å². The molecule has 0 spiro atoms. The fourth-order valence-corrected chi connectivity index (χ4v) is 3.25. The molecule has 0 aliphatic carbocycles. The molecule has 1 atom stereocenters. The largest absolute Gasteiger partial charge is 0.325 e. The molecule has 1 unspecified atom stereocenters. The lowest BCUT2D eigenvalue weighted by Crippen LogP contribution is -2.35. The Bertz CT molecular complexity index is 569. The monoisotopic (exact) mass is 395 g/mol. The smallest absolute Gasteiger partial charge is 0.262 e. The first-order valence-electron chi connectivity index (χ1n) is 8.25. The molecule has 1 aromatic carbocycles. The summed E-state index contributed by atoms with van der Waals surface area (Å²) in [6.45, 7) is 2.65. The predicted molar refractivity (Wildman–Crippen MR) is 100 cm³/mol. The molecule has 2 saturated heterocycles. The van der Waals surface area contributed by atoms with Crippen LogP contribution in [0.2, 0.25) is 0 Å². The fraction of sp³-hybridized carbons (Fsp3) is 0.588.